The average molecular weight is 371 g/mol. The number of hydrogen-bond donors (Lipinski definition) is 1. The second kappa shape index (κ2) is 7.71. The Bertz CT molecular complexity index is 1060. The summed E-state index contributed by atoms with van der Waals surface area (Å²) in [6.45, 7) is 3.93. The molecule has 3 aromatic carbocycles. The van der Waals surface area contributed by atoms with Crippen LogP contribution < -0.4 is 4.74 Å². The van der Waals surface area contributed by atoms with E-state index < -0.39 is 0 Å². The molecule has 0 atom stereocenters. The van der Waals surface area contributed by atoms with Crippen LogP contribution in [0.4, 0.5) is 0 Å². The number of hydrogen-bond acceptors (Lipinski definition) is 4. The monoisotopic (exact) mass is 371 g/mol. The summed E-state index contributed by atoms with van der Waals surface area (Å²) in [6.07, 6.45) is 0. The van der Waals surface area contributed by atoms with Crippen LogP contribution in [0.2, 0.25) is 0 Å². The van der Waals surface area contributed by atoms with Gasteiger partial charge in [0.25, 0.3) is 0 Å². The summed E-state index contributed by atoms with van der Waals surface area (Å²) in [6, 6.07) is 23.4. The molecular formula is C24H21NO3. The lowest BCUT2D eigenvalue weighted by Gasteiger charge is -2.07. The van der Waals surface area contributed by atoms with Crippen molar-refractivity contribution in [3.05, 3.63) is 89.5 Å². The van der Waals surface area contributed by atoms with Gasteiger partial charge in [0.2, 0.25) is 0 Å². The van der Waals surface area contributed by atoms with Crippen LogP contribution in [0.3, 0.4) is 0 Å². The fraction of sp³-hybridized carbons (Fsp3) is 0.125. The summed E-state index contributed by atoms with van der Waals surface area (Å²) in [4.78, 5) is 0. The van der Waals surface area contributed by atoms with Gasteiger partial charge in [-0.1, -0.05) is 40.5 Å². The van der Waals surface area contributed by atoms with E-state index in [1.165, 1.54) is 0 Å². The quantitative estimate of drug-likeness (QED) is 0.474. The Labute approximate surface area is 164 Å². The van der Waals surface area contributed by atoms with E-state index in [0.29, 0.717) is 17.0 Å². The van der Waals surface area contributed by atoms with Crippen molar-refractivity contribution in [2.45, 2.75) is 20.5 Å². The zero-order valence-electron chi connectivity index (χ0n) is 15.8. The maximum atomic E-state index is 9.97. The zero-order valence-corrected chi connectivity index (χ0v) is 15.8. The molecule has 0 aliphatic carbocycles. The molecule has 0 fully saturated rings. The Morgan fingerprint density at radius 1 is 0.821 bits per heavy atom. The molecule has 28 heavy (non-hydrogen) atoms. The van der Waals surface area contributed by atoms with Crippen molar-refractivity contribution in [3.63, 3.8) is 0 Å². The maximum Gasteiger partial charge on any atom is 0.173 e. The highest BCUT2D eigenvalue weighted by molar-refractivity contribution is 5.73. The van der Waals surface area contributed by atoms with Crippen LogP contribution in [0, 0.1) is 13.8 Å². The van der Waals surface area contributed by atoms with Crippen LogP contribution in [-0.2, 0) is 6.61 Å². The number of nitrogens with zero attached hydrogens (tertiary/aromatic N) is 1. The van der Waals surface area contributed by atoms with Gasteiger partial charge in [-0.2, -0.15) is 0 Å². The molecule has 0 radical (unpaired) electrons. The number of para-hydroxylation sites is 1. The van der Waals surface area contributed by atoms with Crippen LogP contribution in [0.1, 0.15) is 16.7 Å². The predicted molar refractivity (Wildman–Crippen MR) is 109 cm³/mol. The van der Waals surface area contributed by atoms with Gasteiger partial charge in [0.15, 0.2) is 5.76 Å². The standard InChI is InChI=1S/C24H21NO3/c1-16-12-17(2)14-19(13-16)24-22(15-26)23(25-28-24)18-8-10-21(11-9-18)27-20-6-4-3-5-7-20/h3-14,26H,15H2,1-2H3. The van der Waals surface area contributed by atoms with Crippen LogP contribution in [0.25, 0.3) is 22.6 Å². The minimum Gasteiger partial charge on any atom is -0.457 e. The van der Waals surface area contributed by atoms with Gasteiger partial charge in [0, 0.05) is 11.1 Å². The SMILES string of the molecule is Cc1cc(C)cc(-c2onc(-c3ccc(Oc4ccccc4)cc3)c2CO)c1. The molecule has 1 heterocycles. The smallest absolute Gasteiger partial charge is 0.173 e. The molecular weight excluding hydrogens is 350 g/mol. The van der Waals surface area contributed by atoms with E-state index in [2.05, 4.69) is 11.2 Å². The normalized spacial score (nSPS) is 10.8. The summed E-state index contributed by atoms with van der Waals surface area (Å²) >= 11 is 0. The van der Waals surface area contributed by atoms with E-state index in [1.54, 1.807) is 0 Å². The van der Waals surface area contributed by atoms with Gasteiger partial charge >= 0.3 is 0 Å². The number of aliphatic hydroxyl groups is 1. The number of rotatable bonds is 5. The molecule has 1 N–H and O–H groups in total. The Morgan fingerprint density at radius 2 is 1.46 bits per heavy atom. The van der Waals surface area contributed by atoms with Crippen LogP contribution in [0.15, 0.2) is 77.3 Å². The largest absolute Gasteiger partial charge is 0.457 e. The Hall–Kier alpha value is -3.37. The van der Waals surface area contributed by atoms with Gasteiger partial charge in [-0.05, 0) is 62.4 Å². The van der Waals surface area contributed by atoms with Crippen LogP contribution in [0.5, 0.6) is 11.5 Å². The third kappa shape index (κ3) is 3.68. The average Bonchev–Trinajstić information content (AvgIpc) is 3.13. The van der Waals surface area contributed by atoms with Crippen molar-refractivity contribution in [2.24, 2.45) is 0 Å². The second-order valence-electron chi connectivity index (χ2n) is 6.81. The Kier molecular flexibility index (Phi) is 4.96. The Morgan fingerprint density at radius 3 is 2.11 bits per heavy atom. The zero-order chi connectivity index (χ0) is 19.5. The lowest BCUT2D eigenvalue weighted by Crippen LogP contribution is -1.90. The molecule has 0 bridgehead atoms. The van der Waals surface area contributed by atoms with Crippen molar-refractivity contribution in [2.75, 3.05) is 0 Å². The van der Waals surface area contributed by atoms with E-state index >= 15 is 0 Å². The van der Waals surface area contributed by atoms with E-state index in [1.807, 2.05) is 80.6 Å². The minimum atomic E-state index is -0.149. The molecule has 0 unspecified atom stereocenters. The van der Waals surface area contributed by atoms with Crippen LogP contribution >= 0.6 is 0 Å². The minimum absolute atomic E-state index is 0.149. The summed E-state index contributed by atoms with van der Waals surface area (Å²) in [5, 5.41) is 14.2. The van der Waals surface area contributed by atoms with Gasteiger partial charge in [0.05, 0.1) is 12.2 Å². The fourth-order valence-corrected chi connectivity index (χ4v) is 3.32. The third-order valence-electron chi connectivity index (χ3n) is 4.54. The number of aliphatic hydroxyl groups excluding tert-OH is 1. The van der Waals surface area contributed by atoms with E-state index in [9.17, 15) is 5.11 Å². The molecule has 1 aromatic heterocycles. The van der Waals surface area contributed by atoms with Gasteiger partial charge in [-0.3, -0.25) is 0 Å². The highest BCUT2D eigenvalue weighted by Gasteiger charge is 2.19. The number of aromatic nitrogens is 1. The molecule has 0 saturated heterocycles. The van der Waals surface area contributed by atoms with Crippen molar-refractivity contribution >= 4 is 0 Å². The van der Waals surface area contributed by atoms with Crippen molar-refractivity contribution < 1.29 is 14.4 Å². The lowest BCUT2D eigenvalue weighted by atomic mass is 10.00. The summed E-state index contributed by atoms with van der Waals surface area (Å²) in [7, 11) is 0. The first-order valence-electron chi connectivity index (χ1n) is 9.15. The first-order valence-corrected chi connectivity index (χ1v) is 9.15. The molecule has 0 aliphatic heterocycles. The van der Waals surface area contributed by atoms with E-state index in [-0.39, 0.29) is 6.61 Å². The first-order chi connectivity index (χ1) is 13.6. The number of ether oxygens (including phenoxy) is 1. The summed E-state index contributed by atoms with van der Waals surface area (Å²) < 4.78 is 11.5. The molecule has 4 heteroatoms. The maximum absolute atomic E-state index is 9.97. The molecule has 140 valence electrons. The van der Waals surface area contributed by atoms with Gasteiger partial charge in [-0.15, -0.1) is 0 Å². The topological polar surface area (TPSA) is 55.5 Å². The van der Waals surface area contributed by atoms with Crippen molar-refractivity contribution in [1.29, 1.82) is 0 Å². The number of aryl methyl sites for hydroxylation is 2. The second-order valence-corrected chi connectivity index (χ2v) is 6.81. The molecule has 0 spiro atoms. The summed E-state index contributed by atoms with van der Waals surface area (Å²) in [5.41, 5.74) is 5.39. The fourth-order valence-electron chi connectivity index (χ4n) is 3.32. The van der Waals surface area contributed by atoms with E-state index in [0.717, 1.165) is 33.8 Å². The van der Waals surface area contributed by atoms with E-state index in [4.69, 9.17) is 9.26 Å². The Balaban J connectivity index is 1.65. The van der Waals surface area contributed by atoms with Crippen molar-refractivity contribution in [1.82, 2.24) is 5.16 Å². The molecule has 4 nitrogen and oxygen atoms in total. The van der Waals surface area contributed by atoms with Gasteiger partial charge in [0.1, 0.15) is 17.2 Å². The lowest BCUT2D eigenvalue weighted by molar-refractivity contribution is 0.281. The number of benzene rings is 3. The molecule has 0 saturated carbocycles. The highest BCUT2D eigenvalue weighted by Crippen LogP contribution is 2.34. The molecule has 4 rings (SSSR count). The third-order valence-corrected chi connectivity index (χ3v) is 4.54. The highest BCUT2D eigenvalue weighted by atomic mass is 16.5. The molecule has 4 aromatic rings. The van der Waals surface area contributed by atoms with Crippen molar-refractivity contribution in [3.8, 4) is 34.1 Å². The first kappa shape index (κ1) is 18.0. The van der Waals surface area contributed by atoms with Crippen LogP contribution in [-0.4, -0.2) is 10.3 Å². The summed E-state index contributed by atoms with van der Waals surface area (Å²) in [5.74, 6) is 2.12. The predicted octanol–water partition coefficient (Wildman–Crippen LogP) is 5.91. The van der Waals surface area contributed by atoms with Gasteiger partial charge in [-0.25, -0.2) is 0 Å². The molecule has 0 amide bonds. The van der Waals surface area contributed by atoms with Gasteiger partial charge < -0.3 is 14.4 Å². The molecule has 0 aliphatic rings.